The third-order valence-corrected chi connectivity index (χ3v) is 10.5. The van der Waals surface area contributed by atoms with Gasteiger partial charge in [-0.1, -0.05) is 48.0 Å². The van der Waals surface area contributed by atoms with Crippen molar-refractivity contribution in [3.05, 3.63) is 89.9 Å². The molecule has 0 unspecified atom stereocenters. The third kappa shape index (κ3) is 4.98. The lowest BCUT2D eigenvalue weighted by molar-refractivity contribution is -0.291. The molecule has 2 aliphatic rings. The first-order chi connectivity index (χ1) is 22.5. The van der Waals surface area contributed by atoms with Crippen molar-refractivity contribution in [1.82, 2.24) is 4.31 Å². The van der Waals surface area contributed by atoms with E-state index in [0.29, 0.717) is 4.31 Å². The molecule has 2 saturated heterocycles. The Hall–Kier alpha value is -4.04. The van der Waals surface area contributed by atoms with Crippen LogP contribution in [0.2, 0.25) is 0 Å². The minimum absolute atomic E-state index is 0.119. The number of sulfonamides is 1. The van der Waals surface area contributed by atoms with Gasteiger partial charge in [-0.2, -0.15) is 4.31 Å². The first-order valence-corrected chi connectivity index (χ1v) is 17.0. The molecule has 47 heavy (non-hydrogen) atoms. The van der Waals surface area contributed by atoms with E-state index in [4.69, 9.17) is 28.1 Å². The summed E-state index contributed by atoms with van der Waals surface area (Å²) in [5.74, 6) is -6.06. The number of ether oxygens (including phenoxy) is 5. The second kappa shape index (κ2) is 13.2. The van der Waals surface area contributed by atoms with Crippen molar-refractivity contribution in [2.24, 2.45) is 5.41 Å². The zero-order chi connectivity index (χ0) is 34.0. The summed E-state index contributed by atoms with van der Waals surface area (Å²) in [7, 11) is -4.90. The Balaban J connectivity index is 2.02. The van der Waals surface area contributed by atoms with E-state index < -0.39 is 56.8 Å². The van der Waals surface area contributed by atoms with Crippen LogP contribution in [-0.2, 0) is 48.1 Å². The summed E-state index contributed by atoms with van der Waals surface area (Å²) in [5, 5.41) is 0. The molecule has 4 atom stereocenters. The number of carbonyl (C=O) groups is 3. The fourth-order valence-electron chi connectivity index (χ4n) is 6.91. The van der Waals surface area contributed by atoms with Crippen molar-refractivity contribution in [3.8, 4) is 0 Å². The van der Waals surface area contributed by atoms with E-state index >= 15 is 8.42 Å². The molecule has 2 aliphatic heterocycles. The Morgan fingerprint density at radius 1 is 0.809 bits per heavy atom. The van der Waals surface area contributed by atoms with Gasteiger partial charge in [-0.25, -0.2) is 18.0 Å². The van der Waals surface area contributed by atoms with Crippen molar-refractivity contribution >= 4 is 27.9 Å². The molecule has 1 aromatic heterocycles. The zero-order valence-electron chi connectivity index (χ0n) is 27.0. The molecular formula is C34H39NO11S. The normalized spacial score (nSPS) is 25.2. The molecular weight excluding hydrogens is 630 g/mol. The molecule has 0 radical (unpaired) electrons. The lowest BCUT2D eigenvalue weighted by Crippen LogP contribution is -2.73. The number of aryl methyl sites for hydroxylation is 1. The van der Waals surface area contributed by atoms with Crippen LogP contribution in [0.1, 0.15) is 63.1 Å². The minimum Gasteiger partial charge on any atom is -0.467 e. The van der Waals surface area contributed by atoms with Gasteiger partial charge in [0.25, 0.3) is 5.54 Å². The van der Waals surface area contributed by atoms with Crippen LogP contribution in [0.3, 0.4) is 0 Å². The summed E-state index contributed by atoms with van der Waals surface area (Å²) in [5.41, 5.74) is -4.23. The predicted octanol–water partition coefficient (Wildman–Crippen LogP) is 4.64. The van der Waals surface area contributed by atoms with Gasteiger partial charge in [0.05, 0.1) is 37.0 Å². The highest BCUT2D eigenvalue weighted by Crippen LogP contribution is 2.72. The van der Waals surface area contributed by atoms with E-state index in [0.717, 1.165) is 5.56 Å². The minimum atomic E-state index is -4.90. The topological polar surface area (TPSA) is 148 Å². The summed E-state index contributed by atoms with van der Waals surface area (Å²) in [6, 6.07) is 15.7. The third-order valence-electron chi connectivity index (χ3n) is 8.59. The molecule has 0 N–H and O–H groups in total. The lowest BCUT2D eigenvalue weighted by atomic mass is 9.67. The first kappa shape index (κ1) is 34.3. The van der Waals surface area contributed by atoms with Gasteiger partial charge in [0.1, 0.15) is 17.3 Å². The van der Waals surface area contributed by atoms with Crippen LogP contribution >= 0.6 is 0 Å². The Morgan fingerprint density at radius 3 is 1.94 bits per heavy atom. The van der Waals surface area contributed by atoms with E-state index in [9.17, 15) is 14.4 Å². The summed E-state index contributed by atoms with van der Waals surface area (Å²) >= 11 is 0. The zero-order valence-corrected chi connectivity index (χ0v) is 27.8. The molecule has 0 aliphatic carbocycles. The number of esters is 3. The van der Waals surface area contributed by atoms with Crippen molar-refractivity contribution in [1.29, 1.82) is 0 Å². The van der Waals surface area contributed by atoms with Crippen molar-refractivity contribution in [3.63, 3.8) is 0 Å². The molecule has 3 aromatic rings. The molecule has 252 valence electrons. The standard InChI is InChI=1S/C34H39NO11S/c1-6-41-29(36)32-22-27(26-16-13-21-44-26)46-34(32,45-9-4)33(30(37)42-7-2,31(38)43-8-3)35(28(32)24-14-11-10-12-15-24)47(39,40)25-19-17-23(5)18-20-25/h10-21,27-28H,6-9,22H2,1-5H3/t27-,28-,32+,34+/m1/s1. The number of carbonyl (C=O) groups excluding carboxylic acids is 3. The van der Waals surface area contributed by atoms with E-state index in [1.54, 1.807) is 75.4 Å². The lowest BCUT2D eigenvalue weighted by Gasteiger charge is -2.44. The molecule has 5 rings (SSSR count). The van der Waals surface area contributed by atoms with Crippen molar-refractivity contribution in [2.45, 2.75) is 69.4 Å². The number of furan rings is 1. The molecule has 0 saturated carbocycles. The van der Waals surface area contributed by atoms with Crippen LogP contribution in [0.25, 0.3) is 0 Å². The Morgan fingerprint density at radius 2 is 1.40 bits per heavy atom. The highest BCUT2D eigenvalue weighted by molar-refractivity contribution is 7.89. The average molecular weight is 670 g/mol. The Labute approximate surface area is 273 Å². The maximum Gasteiger partial charge on any atom is 0.345 e. The highest BCUT2D eigenvalue weighted by atomic mass is 32.2. The van der Waals surface area contributed by atoms with Crippen LogP contribution in [0.4, 0.5) is 0 Å². The summed E-state index contributed by atoms with van der Waals surface area (Å²) in [6.07, 6.45) is 0.00297. The number of hydrogen-bond acceptors (Lipinski definition) is 11. The quantitative estimate of drug-likeness (QED) is 0.151. The molecule has 2 fully saturated rings. The number of rotatable bonds is 12. The van der Waals surface area contributed by atoms with Crippen molar-refractivity contribution in [2.75, 3.05) is 26.4 Å². The maximum absolute atomic E-state index is 15.2. The van der Waals surface area contributed by atoms with Crippen LogP contribution in [0, 0.1) is 12.3 Å². The fraction of sp³-hybridized carbons (Fsp3) is 0.441. The molecule has 0 amide bonds. The van der Waals surface area contributed by atoms with E-state index in [1.165, 1.54) is 32.2 Å². The van der Waals surface area contributed by atoms with Gasteiger partial charge in [0.15, 0.2) is 0 Å². The van der Waals surface area contributed by atoms with E-state index in [2.05, 4.69) is 0 Å². The SMILES string of the molecule is CCOC(=O)C1(C(=O)OCC)N(S(=O)(=O)c2ccc(C)cc2)[C@H](c2ccccc2)[C@]2(C(=O)OCC)C[C@H](c3ccco3)O[C@]12OCC. The van der Waals surface area contributed by atoms with E-state index in [-0.39, 0.29) is 49.1 Å². The molecule has 0 spiro atoms. The van der Waals surface area contributed by atoms with Gasteiger partial charge in [0.2, 0.25) is 15.8 Å². The summed E-state index contributed by atoms with van der Waals surface area (Å²) < 4.78 is 66.8. The van der Waals surface area contributed by atoms with Gasteiger partial charge in [0, 0.05) is 13.0 Å². The highest BCUT2D eigenvalue weighted by Gasteiger charge is 2.92. The predicted molar refractivity (Wildman–Crippen MR) is 166 cm³/mol. The van der Waals surface area contributed by atoms with Crippen LogP contribution < -0.4 is 0 Å². The number of benzene rings is 2. The van der Waals surface area contributed by atoms with Gasteiger partial charge in [-0.3, -0.25) is 4.79 Å². The van der Waals surface area contributed by atoms with Gasteiger partial charge >= 0.3 is 17.9 Å². The monoisotopic (exact) mass is 669 g/mol. The van der Waals surface area contributed by atoms with E-state index in [1.807, 2.05) is 0 Å². The number of fused-ring (bicyclic) bond motifs is 1. The maximum atomic E-state index is 15.2. The summed E-state index contributed by atoms with van der Waals surface area (Å²) in [4.78, 5) is 44.1. The summed E-state index contributed by atoms with van der Waals surface area (Å²) in [6.45, 7) is 7.10. The number of hydrogen-bond donors (Lipinski definition) is 0. The Bertz CT molecular complexity index is 1670. The first-order valence-electron chi connectivity index (χ1n) is 15.6. The second-order valence-corrected chi connectivity index (χ2v) is 13.0. The fourth-order valence-corrected chi connectivity index (χ4v) is 8.82. The smallest absolute Gasteiger partial charge is 0.345 e. The van der Waals surface area contributed by atoms with Gasteiger partial charge < -0.3 is 28.1 Å². The largest absolute Gasteiger partial charge is 0.467 e. The molecule has 2 aromatic carbocycles. The molecule has 12 nitrogen and oxygen atoms in total. The van der Waals surface area contributed by atoms with Crippen LogP contribution in [0.15, 0.2) is 82.3 Å². The molecule has 13 heteroatoms. The Kier molecular flexibility index (Phi) is 9.65. The van der Waals surface area contributed by atoms with Crippen LogP contribution in [-0.4, -0.2) is 68.4 Å². The second-order valence-electron chi connectivity index (χ2n) is 11.1. The van der Waals surface area contributed by atoms with Gasteiger partial charge in [-0.15, -0.1) is 0 Å². The molecule has 3 heterocycles. The van der Waals surface area contributed by atoms with Crippen LogP contribution in [0.5, 0.6) is 0 Å². The van der Waals surface area contributed by atoms with Gasteiger partial charge in [-0.05, 0) is 64.4 Å². The molecule has 0 bridgehead atoms. The van der Waals surface area contributed by atoms with Crippen molar-refractivity contribution < 1.29 is 50.9 Å². The average Bonchev–Trinajstić information content (AvgIpc) is 3.75. The number of nitrogens with zero attached hydrogens (tertiary/aromatic N) is 1.